The second kappa shape index (κ2) is 6.41. The highest BCUT2D eigenvalue weighted by Crippen LogP contribution is 2.45. The zero-order valence-electron chi connectivity index (χ0n) is 14.6. The maximum Gasteiger partial charge on any atom is 0.410 e. The topological polar surface area (TPSA) is 49.9 Å². The van der Waals surface area contributed by atoms with E-state index in [1.165, 1.54) is 6.07 Å². The van der Waals surface area contributed by atoms with Gasteiger partial charge in [-0.05, 0) is 68.3 Å². The van der Waals surface area contributed by atoms with Crippen molar-refractivity contribution in [1.82, 2.24) is 9.80 Å². The number of amides is 2. The summed E-state index contributed by atoms with van der Waals surface area (Å²) in [4.78, 5) is 28.8. The van der Waals surface area contributed by atoms with E-state index >= 15 is 0 Å². The number of rotatable bonds is 1. The number of benzene rings is 1. The van der Waals surface area contributed by atoms with Crippen LogP contribution in [0, 0.1) is 9.39 Å². The molecule has 1 aromatic rings. The first-order valence-corrected chi connectivity index (χ1v) is 9.45. The van der Waals surface area contributed by atoms with Crippen LogP contribution in [0.25, 0.3) is 0 Å². The molecule has 5 nitrogen and oxygen atoms in total. The summed E-state index contributed by atoms with van der Waals surface area (Å²) in [5.41, 5.74) is -0.488. The third-order valence-electron chi connectivity index (χ3n) is 4.56. The Labute approximate surface area is 160 Å². The highest BCUT2D eigenvalue weighted by atomic mass is 127. The third kappa shape index (κ3) is 3.75. The van der Waals surface area contributed by atoms with Crippen LogP contribution in [0.5, 0.6) is 0 Å². The molecule has 0 radical (unpaired) electrons. The largest absolute Gasteiger partial charge is 0.444 e. The predicted octanol–water partition coefficient (Wildman–Crippen LogP) is 3.66. The summed E-state index contributed by atoms with van der Waals surface area (Å²) in [7, 11) is 0. The zero-order chi connectivity index (χ0) is 18.4. The Balaban J connectivity index is 1.75. The molecule has 3 rings (SSSR count). The normalized spacial score (nSPS) is 19.1. The minimum absolute atomic E-state index is 0.162. The SMILES string of the molecule is CC(C)(C)OC(=O)N1CCN(C(=O)c2cccc(F)c2I)C2(CC2)C1. The molecule has 2 amide bonds. The Hall–Kier alpha value is -1.38. The van der Waals surface area contributed by atoms with Gasteiger partial charge in [0, 0.05) is 19.6 Å². The average Bonchev–Trinajstić information content (AvgIpc) is 3.27. The first-order valence-electron chi connectivity index (χ1n) is 8.37. The van der Waals surface area contributed by atoms with Crippen LogP contribution in [0.1, 0.15) is 44.0 Å². The highest BCUT2D eigenvalue weighted by Gasteiger charge is 2.54. The molecule has 1 aliphatic carbocycles. The van der Waals surface area contributed by atoms with Gasteiger partial charge in [-0.1, -0.05) is 6.07 Å². The van der Waals surface area contributed by atoms with Gasteiger partial charge in [-0.15, -0.1) is 0 Å². The number of nitrogens with zero attached hydrogens (tertiary/aromatic N) is 2. The molecule has 0 unspecified atom stereocenters. The van der Waals surface area contributed by atoms with Crippen LogP contribution in [-0.4, -0.2) is 52.6 Å². The minimum Gasteiger partial charge on any atom is -0.444 e. The van der Waals surface area contributed by atoms with Crippen LogP contribution in [0.15, 0.2) is 18.2 Å². The van der Waals surface area contributed by atoms with Crippen LogP contribution in [0.3, 0.4) is 0 Å². The maximum absolute atomic E-state index is 13.8. The van der Waals surface area contributed by atoms with Crippen LogP contribution >= 0.6 is 22.6 Å². The average molecular weight is 460 g/mol. The van der Waals surface area contributed by atoms with Crippen LogP contribution < -0.4 is 0 Å². The molecule has 136 valence electrons. The van der Waals surface area contributed by atoms with Crippen LogP contribution in [0.4, 0.5) is 9.18 Å². The fourth-order valence-electron chi connectivity index (χ4n) is 3.16. The molecule has 1 spiro atoms. The van der Waals surface area contributed by atoms with Crippen molar-refractivity contribution in [3.63, 3.8) is 0 Å². The monoisotopic (exact) mass is 460 g/mol. The standard InChI is InChI=1S/C18H22FIN2O3/c1-17(2,3)25-16(24)21-9-10-22(18(11-21)7-8-18)15(23)12-5-4-6-13(19)14(12)20/h4-6H,7-11H2,1-3H3. The minimum atomic E-state index is -0.543. The van der Waals surface area contributed by atoms with Gasteiger partial charge < -0.3 is 14.5 Å². The molecule has 1 aromatic carbocycles. The molecule has 2 fully saturated rings. The third-order valence-corrected chi connectivity index (χ3v) is 5.65. The molecule has 1 aliphatic heterocycles. The van der Waals surface area contributed by atoms with E-state index in [0.717, 1.165) is 12.8 Å². The first kappa shape index (κ1) is 18.4. The van der Waals surface area contributed by atoms with Gasteiger partial charge in [0.05, 0.1) is 14.7 Å². The number of halogens is 2. The summed E-state index contributed by atoms with van der Waals surface area (Å²) < 4.78 is 19.6. The predicted molar refractivity (Wildman–Crippen MR) is 99.9 cm³/mol. The molecule has 7 heteroatoms. The van der Waals surface area contributed by atoms with E-state index in [9.17, 15) is 14.0 Å². The van der Waals surface area contributed by atoms with Gasteiger partial charge in [-0.25, -0.2) is 9.18 Å². The van der Waals surface area contributed by atoms with Crippen molar-refractivity contribution in [2.75, 3.05) is 19.6 Å². The van der Waals surface area contributed by atoms with Gasteiger partial charge in [0.25, 0.3) is 5.91 Å². The Kier molecular flexibility index (Phi) is 4.72. The number of carbonyl (C=O) groups excluding carboxylic acids is 2. The molecule has 2 aliphatic rings. The van der Waals surface area contributed by atoms with Crippen molar-refractivity contribution in [2.45, 2.75) is 44.8 Å². The van der Waals surface area contributed by atoms with E-state index in [-0.39, 0.29) is 23.4 Å². The fourth-order valence-corrected chi connectivity index (χ4v) is 3.75. The molecule has 25 heavy (non-hydrogen) atoms. The summed E-state index contributed by atoms with van der Waals surface area (Å²) in [5, 5.41) is 0. The Morgan fingerprint density at radius 2 is 1.92 bits per heavy atom. The lowest BCUT2D eigenvalue weighted by Gasteiger charge is -2.42. The maximum atomic E-state index is 13.8. The van der Waals surface area contributed by atoms with E-state index in [0.29, 0.717) is 28.8 Å². The van der Waals surface area contributed by atoms with Gasteiger partial charge in [0.1, 0.15) is 11.4 Å². The number of carbonyl (C=O) groups is 2. The molecule has 0 atom stereocenters. The number of hydrogen-bond acceptors (Lipinski definition) is 3. The molecule has 0 bridgehead atoms. The Bertz CT molecular complexity index is 713. The molecule has 0 N–H and O–H groups in total. The van der Waals surface area contributed by atoms with Gasteiger partial charge >= 0.3 is 6.09 Å². The van der Waals surface area contributed by atoms with Gasteiger partial charge in [-0.2, -0.15) is 0 Å². The van der Waals surface area contributed by atoms with Crippen molar-refractivity contribution >= 4 is 34.6 Å². The van der Waals surface area contributed by atoms with E-state index in [4.69, 9.17) is 4.74 Å². The number of ether oxygens (including phenoxy) is 1. The summed E-state index contributed by atoms with van der Waals surface area (Å²) >= 11 is 1.87. The summed E-state index contributed by atoms with van der Waals surface area (Å²) in [5.74, 6) is -0.547. The molecule has 1 saturated carbocycles. The van der Waals surface area contributed by atoms with Gasteiger partial charge in [0.2, 0.25) is 0 Å². The lowest BCUT2D eigenvalue weighted by molar-refractivity contribution is 0.000602. The Morgan fingerprint density at radius 3 is 2.52 bits per heavy atom. The van der Waals surface area contributed by atoms with Gasteiger partial charge in [-0.3, -0.25) is 4.79 Å². The van der Waals surface area contributed by atoms with E-state index in [1.54, 1.807) is 17.0 Å². The zero-order valence-corrected chi connectivity index (χ0v) is 16.8. The highest BCUT2D eigenvalue weighted by molar-refractivity contribution is 14.1. The summed E-state index contributed by atoms with van der Waals surface area (Å²) in [6, 6.07) is 4.57. The van der Waals surface area contributed by atoms with E-state index in [1.807, 2.05) is 48.3 Å². The number of piperazine rings is 1. The van der Waals surface area contributed by atoms with Crippen molar-refractivity contribution < 1.29 is 18.7 Å². The molecule has 0 aromatic heterocycles. The van der Waals surface area contributed by atoms with Crippen molar-refractivity contribution in [3.05, 3.63) is 33.1 Å². The van der Waals surface area contributed by atoms with Gasteiger partial charge in [0.15, 0.2) is 0 Å². The second-order valence-electron chi connectivity index (χ2n) is 7.68. The van der Waals surface area contributed by atoms with Crippen molar-refractivity contribution in [1.29, 1.82) is 0 Å². The molecule has 1 saturated heterocycles. The summed E-state index contributed by atoms with van der Waals surface area (Å²) in [6.45, 7) is 6.84. The van der Waals surface area contributed by atoms with Crippen LogP contribution in [-0.2, 0) is 4.74 Å². The lowest BCUT2D eigenvalue weighted by Crippen LogP contribution is -2.58. The molecular formula is C18H22FIN2O3. The van der Waals surface area contributed by atoms with E-state index < -0.39 is 5.60 Å². The first-order chi connectivity index (χ1) is 11.6. The quantitative estimate of drug-likeness (QED) is 0.602. The Morgan fingerprint density at radius 1 is 1.24 bits per heavy atom. The molecule has 1 heterocycles. The fraction of sp³-hybridized carbons (Fsp3) is 0.556. The van der Waals surface area contributed by atoms with Crippen molar-refractivity contribution in [2.24, 2.45) is 0 Å². The molecular weight excluding hydrogens is 438 g/mol. The van der Waals surface area contributed by atoms with Crippen LogP contribution in [0.2, 0.25) is 0 Å². The second-order valence-corrected chi connectivity index (χ2v) is 8.76. The summed E-state index contributed by atoms with van der Waals surface area (Å²) in [6.07, 6.45) is 1.36. The smallest absolute Gasteiger partial charge is 0.410 e. The number of hydrogen-bond donors (Lipinski definition) is 0. The van der Waals surface area contributed by atoms with Crippen molar-refractivity contribution in [3.8, 4) is 0 Å². The van der Waals surface area contributed by atoms with E-state index in [2.05, 4.69) is 0 Å². The lowest BCUT2D eigenvalue weighted by atomic mass is 10.1.